The number of benzene rings is 1. The smallest absolute Gasteiger partial charge is 0.227 e. The molecule has 0 atom stereocenters. The first-order valence-corrected chi connectivity index (χ1v) is 7.58. The second kappa shape index (κ2) is 5.39. The lowest BCUT2D eigenvalue weighted by Gasteiger charge is -2.26. The van der Waals surface area contributed by atoms with Crippen LogP contribution in [-0.4, -0.2) is 18.7 Å². The Morgan fingerprint density at radius 2 is 2.00 bits per heavy atom. The molecule has 1 heterocycles. The van der Waals surface area contributed by atoms with Gasteiger partial charge in [-0.3, -0.25) is 9.59 Å². The second-order valence-electron chi connectivity index (χ2n) is 6.07. The molecule has 1 aliphatic heterocycles. The maximum absolute atomic E-state index is 12.4. The minimum absolute atomic E-state index is 0.155. The molecule has 2 aliphatic rings. The summed E-state index contributed by atoms with van der Waals surface area (Å²) in [4.78, 5) is 25.7. The monoisotopic (exact) mass is 271 g/mol. The SMILES string of the molecule is CN1C(=O)CCc2cc(C(=O)CC3CCCC3)ccc21. The summed E-state index contributed by atoms with van der Waals surface area (Å²) in [5.74, 6) is 1.00. The number of fused-ring (bicyclic) bond motifs is 1. The summed E-state index contributed by atoms with van der Waals surface area (Å²) in [5, 5.41) is 0. The molecule has 1 saturated carbocycles. The van der Waals surface area contributed by atoms with Crippen LogP contribution in [0, 0.1) is 5.92 Å². The molecule has 1 amide bonds. The van der Waals surface area contributed by atoms with Crippen LogP contribution in [0.1, 0.15) is 54.4 Å². The minimum atomic E-state index is 0.155. The molecule has 3 heteroatoms. The highest BCUT2D eigenvalue weighted by Gasteiger charge is 2.23. The lowest BCUT2D eigenvalue weighted by Crippen LogP contribution is -2.31. The number of hydrogen-bond donors (Lipinski definition) is 0. The maximum Gasteiger partial charge on any atom is 0.227 e. The third kappa shape index (κ3) is 2.49. The van der Waals surface area contributed by atoms with E-state index in [2.05, 4.69) is 0 Å². The predicted molar refractivity (Wildman–Crippen MR) is 79.1 cm³/mol. The molecule has 106 valence electrons. The van der Waals surface area contributed by atoms with Crippen LogP contribution in [0.2, 0.25) is 0 Å². The third-order valence-electron chi connectivity index (χ3n) is 4.69. The van der Waals surface area contributed by atoms with Gasteiger partial charge in [0.15, 0.2) is 5.78 Å². The molecule has 0 saturated heterocycles. The van der Waals surface area contributed by atoms with Crippen LogP contribution in [0.25, 0.3) is 0 Å². The third-order valence-corrected chi connectivity index (χ3v) is 4.69. The first-order valence-electron chi connectivity index (χ1n) is 7.58. The molecule has 0 N–H and O–H groups in total. The van der Waals surface area contributed by atoms with Gasteiger partial charge in [0.2, 0.25) is 5.91 Å². The van der Waals surface area contributed by atoms with E-state index < -0.39 is 0 Å². The molecule has 0 unspecified atom stereocenters. The van der Waals surface area contributed by atoms with Crippen LogP contribution >= 0.6 is 0 Å². The Morgan fingerprint density at radius 1 is 1.25 bits per heavy atom. The van der Waals surface area contributed by atoms with Gasteiger partial charge in [0.25, 0.3) is 0 Å². The lowest BCUT2D eigenvalue weighted by atomic mass is 9.93. The highest BCUT2D eigenvalue weighted by Crippen LogP contribution is 2.31. The van der Waals surface area contributed by atoms with E-state index in [-0.39, 0.29) is 11.7 Å². The van der Waals surface area contributed by atoms with Crippen LogP contribution < -0.4 is 4.90 Å². The van der Waals surface area contributed by atoms with Gasteiger partial charge < -0.3 is 4.90 Å². The summed E-state index contributed by atoms with van der Waals surface area (Å²) < 4.78 is 0. The van der Waals surface area contributed by atoms with Gasteiger partial charge in [-0.1, -0.05) is 25.7 Å². The van der Waals surface area contributed by atoms with Crippen molar-refractivity contribution in [3.8, 4) is 0 Å². The largest absolute Gasteiger partial charge is 0.315 e. The van der Waals surface area contributed by atoms with E-state index in [9.17, 15) is 9.59 Å². The van der Waals surface area contributed by atoms with Crippen molar-refractivity contribution in [3.05, 3.63) is 29.3 Å². The first-order chi connectivity index (χ1) is 9.65. The fourth-order valence-electron chi connectivity index (χ4n) is 3.42. The van der Waals surface area contributed by atoms with E-state index in [1.54, 1.807) is 11.9 Å². The van der Waals surface area contributed by atoms with Crippen LogP contribution in [0.3, 0.4) is 0 Å². The fraction of sp³-hybridized carbons (Fsp3) is 0.529. The van der Waals surface area contributed by atoms with Crippen molar-refractivity contribution < 1.29 is 9.59 Å². The standard InChI is InChI=1S/C17H21NO2/c1-18-15-8-6-14(11-13(15)7-9-17(18)20)16(19)10-12-4-2-3-5-12/h6,8,11-12H,2-5,7,9-10H2,1H3. The Bertz CT molecular complexity index is 544. The number of Topliss-reactive ketones (excluding diaryl/α,β-unsaturated/α-hetero) is 1. The first kappa shape index (κ1) is 13.3. The molecule has 1 aliphatic carbocycles. The minimum Gasteiger partial charge on any atom is -0.315 e. The van der Waals surface area contributed by atoms with Crippen molar-refractivity contribution in [3.63, 3.8) is 0 Å². The molecule has 0 bridgehead atoms. The summed E-state index contributed by atoms with van der Waals surface area (Å²) >= 11 is 0. The average Bonchev–Trinajstić information content (AvgIpc) is 2.95. The molecule has 1 fully saturated rings. The van der Waals surface area contributed by atoms with E-state index >= 15 is 0 Å². The van der Waals surface area contributed by atoms with Gasteiger partial charge >= 0.3 is 0 Å². The van der Waals surface area contributed by atoms with Crippen LogP contribution in [0.15, 0.2) is 18.2 Å². The lowest BCUT2D eigenvalue weighted by molar-refractivity contribution is -0.118. The zero-order chi connectivity index (χ0) is 14.1. The molecule has 0 aromatic heterocycles. The fourth-order valence-corrected chi connectivity index (χ4v) is 3.42. The van der Waals surface area contributed by atoms with Crippen molar-refractivity contribution in [2.45, 2.75) is 44.9 Å². The van der Waals surface area contributed by atoms with Crippen molar-refractivity contribution in [2.75, 3.05) is 11.9 Å². The summed E-state index contributed by atoms with van der Waals surface area (Å²) in [6.45, 7) is 0. The van der Waals surface area contributed by atoms with Crippen LogP contribution in [-0.2, 0) is 11.2 Å². The Balaban J connectivity index is 1.78. The summed E-state index contributed by atoms with van der Waals surface area (Å²) in [6, 6.07) is 5.80. The highest BCUT2D eigenvalue weighted by molar-refractivity contribution is 5.99. The molecule has 0 spiro atoms. The van der Waals surface area contributed by atoms with Gasteiger partial charge in [-0.25, -0.2) is 0 Å². The topological polar surface area (TPSA) is 37.4 Å². The number of aryl methyl sites for hydroxylation is 1. The number of hydrogen-bond acceptors (Lipinski definition) is 2. The van der Waals surface area contributed by atoms with Crippen LogP contribution in [0.5, 0.6) is 0 Å². The number of rotatable bonds is 3. The predicted octanol–water partition coefficient (Wildman–Crippen LogP) is 3.36. The Labute approximate surface area is 120 Å². The van der Waals surface area contributed by atoms with Gasteiger partial charge in [0, 0.05) is 31.1 Å². The van der Waals surface area contributed by atoms with Crippen molar-refractivity contribution in [1.29, 1.82) is 0 Å². The number of ketones is 1. The van der Waals surface area contributed by atoms with E-state index in [1.165, 1.54) is 25.7 Å². The van der Waals surface area contributed by atoms with Gasteiger partial charge in [-0.2, -0.15) is 0 Å². The average molecular weight is 271 g/mol. The molecule has 3 rings (SSSR count). The van der Waals surface area contributed by atoms with Crippen molar-refractivity contribution >= 4 is 17.4 Å². The number of amides is 1. The second-order valence-corrected chi connectivity index (χ2v) is 6.07. The summed E-state index contributed by atoms with van der Waals surface area (Å²) in [5.41, 5.74) is 2.90. The van der Waals surface area contributed by atoms with Gasteiger partial charge in [0.1, 0.15) is 0 Å². The van der Waals surface area contributed by atoms with E-state index in [0.29, 0.717) is 18.8 Å². The Kier molecular flexibility index (Phi) is 3.60. The number of nitrogens with zero attached hydrogens (tertiary/aromatic N) is 1. The summed E-state index contributed by atoms with van der Waals surface area (Å²) in [7, 11) is 1.81. The quantitative estimate of drug-likeness (QED) is 0.790. The van der Waals surface area contributed by atoms with Gasteiger partial charge in [-0.05, 0) is 36.1 Å². The van der Waals surface area contributed by atoms with E-state index in [4.69, 9.17) is 0 Å². The number of carbonyl (C=O) groups is 2. The normalized spacial score (nSPS) is 19.2. The summed E-state index contributed by atoms with van der Waals surface area (Å²) in [6.07, 6.45) is 6.94. The molecule has 20 heavy (non-hydrogen) atoms. The zero-order valence-electron chi connectivity index (χ0n) is 12.0. The Morgan fingerprint density at radius 3 is 2.75 bits per heavy atom. The van der Waals surface area contributed by atoms with E-state index in [0.717, 1.165) is 23.2 Å². The molecular weight excluding hydrogens is 250 g/mol. The van der Waals surface area contributed by atoms with Crippen molar-refractivity contribution in [2.24, 2.45) is 5.92 Å². The van der Waals surface area contributed by atoms with Gasteiger partial charge in [0.05, 0.1) is 0 Å². The van der Waals surface area contributed by atoms with Crippen LogP contribution in [0.4, 0.5) is 5.69 Å². The molecule has 1 aromatic rings. The Hall–Kier alpha value is -1.64. The van der Waals surface area contributed by atoms with Gasteiger partial charge in [-0.15, -0.1) is 0 Å². The molecule has 0 radical (unpaired) electrons. The van der Waals surface area contributed by atoms with Crippen molar-refractivity contribution in [1.82, 2.24) is 0 Å². The maximum atomic E-state index is 12.4. The molecule has 3 nitrogen and oxygen atoms in total. The number of anilines is 1. The zero-order valence-corrected chi connectivity index (χ0v) is 12.0. The molecule has 1 aromatic carbocycles. The number of carbonyl (C=O) groups excluding carboxylic acids is 2. The molecular formula is C17H21NO2. The van der Waals surface area contributed by atoms with E-state index in [1.807, 2.05) is 18.2 Å². The highest BCUT2D eigenvalue weighted by atomic mass is 16.2.